The van der Waals surface area contributed by atoms with Gasteiger partial charge in [-0.1, -0.05) is 6.07 Å². The standard InChI is InChI=1S/C14H17N3O3S2/c1-8-11(13(15-3)22-17-8)14(19)20-9(2)12(18)16-7-10-5-4-6-21-10/h4-6,9,15H,7H2,1-3H3,(H,16,18). The lowest BCUT2D eigenvalue weighted by Crippen LogP contribution is -2.35. The van der Waals surface area contributed by atoms with Crippen LogP contribution < -0.4 is 10.6 Å². The molecule has 0 radical (unpaired) electrons. The van der Waals surface area contributed by atoms with Crippen LogP contribution in [0.3, 0.4) is 0 Å². The molecule has 0 saturated heterocycles. The van der Waals surface area contributed by atoms with Gasteiger partial charge < -0.3 is 15.4 Å². The molecule has 0 saturated carbocycles. The van der Waals surface area contributed by atoms with E-state index < -0.39 is 12.1 Å². The zero-order valence-corrected chi connectivity index (χ0v) is 14.1. The average Bonchev–Trinajstić information content (AvgIpc) is 3.13. The zero-order valence-electron chi connectivity index (χ0n) is 12.5. The third-order valence-corrected chi connectivity index (χ3v) is 4.80. The van der Waals surface area contributed by atoms with Crippen LogP contribution in [0.5, 0.6) is 0 Å². The van der Waals surface area contributed by atoms with E-state index in [4.69, 9.17) is 4.74 Å². The highest BCUT2D eigenvalue weighted by Gasteiger charge is 2.24. The summed E-state index contributed by atoms with van der Waals surface area (Å²) in [4.78, 5) is 25.2. The third-order valence-electron chi connectivity index (χ3n) is 2.96. The van der Waals surface area contributed by atoms with Gasteiger partial charge in [0, 0.05) is 11.9 Å². The fourth-order valence-electron chi connectivity index (χ4n) is 1.78. The van der Waals surface area contributed by atoms with Crippen LogP contribution in [0.25, 0.3) is 0 Å². The lowest BCUT2D eigenvalue weighted by atomic mass is 10.2. The Morgan fingerprint density at radius 1 is 1.45 bits per heavy atom. The van der Waals surface area contributed by atoms with Crippen molar-refractivity contribution in [3.05, 3.63) is 33.6 Å². The van der Waals surface area contributed by atoms with Crippen molar-refractivity contribution in [2.45, 2.75) is 26.5 Å². The van der Waals surface area contributed by atoms with Crippen LogP contribution in [0.4, 0.5) is 5.00 Å². The van der Waals surface area contributed by atoms with Crippen molar-refractivity contribution in [2.24, 2.45) is 0 Å². The summed E-state index contributed by atoms with van der Waals surface area (Å²) in [6, 6.07) is 3.85. The number of hydrogen-bond acceptors (Lipinski definition) is 7. The van der Waals surface area contributed by atoms with Crippen molar-refractivity contribution in [1.82, 2.24) is 9.69 Å². The Kier molecular flexibility index (Phi) is 5.51. The van der Waals surface area contributed by atoms with Crippen LogP contribution in [-0.4, -0.2) is 29.4 Å². The van der Waals surface area contributed by atoms with Crippen molar-refractivity contribution >= 4 is 39.7 Å². The molecule has 2 aromatic heterocycles. The van der Waals surface area contributed by atoms with E-state index in [9.17, 15) is 9.59 Å². The quantitative estimate of drug-likeness (QED) is 0.790. The number of carbonyl (C=O) groups is 2. The van der Waals surface area contributed by atoms with E-state index >= 15 is 0 Å². The molecule has 1 atom stereocenters. The molecule has 2 rings (SSSR count). The molecule has 0 fully saturated rings. The molecular formula is C14H17N3O3S2. The van der Waals surface area contributed by atoms with Gasteiger partial charge >= 0.3 is 5.97 Å². The summed E-state index contributed by atoms with van der Waals surface area (Å²) < 4.78 is 9.34. The molecule has 118 valence electrons. The van der Waals surface area contributed by atoms with Gasteiger partial charge in [-0.05, 0) is 36.8 Å². The zero-order chi connectivity index (χ0) is 16.1. The number of esters is 1. The van der Waals surface area contributed by atoms with E-state index in [0.29, 0.717) is 22.8 Å². The summed E-state index contributed by atoms with van der Waals surface area (Å²) in [5, 5.41) is 8.22. The Morgan fingerprint density at radius 3 is 2.86 bits per heavy atom. The molecule has 2 N–H and O–H groups in total. The average molecular weight is 339 g/mol. The Balaban J connectivity index is 1.92. The number of amides is 1. The number of anilines is 1. The first-order valence-corrected chi connectivity index (χ1v) is 8.33. The Morgan fingerprint density at radius 2 is 2.23 bits per heavy atom. The fraction of sp³-hybridized carbons (Fsp3) is 0.357. The lowest BCUT2D eigenvalue weighted by Gasteiger charge is -2.13. The van der Waals surface area contributed by atoms with Gasteiger partial charge in [0.25, 0.3) is 5.91 Å². The summed E-state index contributed by atoms with van der Waals surface area (Å²) >= 11 is 2.75. The van der Waals surface area contributed by atoms with Crippen LogP contribution in [0.15, 0.2) is 17.5 Å². The highest BCUT2D eigenvalue weighted by atomic mass is 32.1. The topological polar surface area (TPSA) is 80.3 Å². The molecule has 1 amide bonds. The van der Waals surface area contributed by atoms with Crippen LogP contribution in [0.1, 0.15) is 27.9 Å². The Labute approximate surface area is 136 Å². The van der Waals surface area contributed by atoms with E-state index in [-0.39, 0.29) is 5.91 Å². The van der Waals surface area contributed by atoms with Crippen molar-refractivity contribution in [1.29, 1.82) is 0 Å². The third kappa shape index (κ3) is 3.83. The number of nitrogens with one attached hydrogen (secondary N) is 2. The van der Waals surface area contributed by atoms with Gasteiger partial charge in [0.05, 0.1) is 12.2 Å². The van der Waals surface area contributed by atoms with Crippen LogP contribution in [-0.2, 0) is 16.1 Å². The number of rotatable bonds is 6. The minimum Gasteiger partial charge on any atom is -0.449 e. The summed E-state index contributed by atoms with van der Waals surface area (Å²) in [7, 11) is 1.71. The molecule has 0 aliphatic rings. The van der Waals surface area contributed by atoms with Gasteiger partial charge in [0.1, 0.15) is 10.6 Å². The molecule has 6 nitrogen and oxygen atoms in total. The summed E-state index contributed by atoms with van der Waals surface area (Å²) in [6.45, 7) is 3.71. The van der Waals surface area contributed by atoms with Crippen molar-refractivity contribution in [3.8, 4) is 0 Å². The van der Waals surface area contributed by atoms with Crippen molar-refractivity contribution in [2.75, 3.05) is 12.4 Å². The lowest BCUT2D eigenvalue weighted by molar-refractivity contribution is -0.129. The predicted molar refractivity (Wildman–Crippen MR) is 87.4 cm³/mol. The van der Waals surface area contributed by atoms with E-state index in [0.717, 1.165) is 4.88 Å². The first-order chi connectivity index (χ1) is 10.5. The number of carbonyl (C=O) groups excluding carboxylic acids is 2. The van der Waals surface area contributed by atoms with Gasteiger partial charge in [-0.3, -0.25) is 4.79 Å². The smallest absolute Gasteiger partial charge is 0.343 e. The number of ether oxygens (including phenoxy) is 1. The highest BCUT2D eigenvalue weighted by Crippen LogP contribution is 2.25. The van der Waals surface area contributed by atoms with Gasteiger partial charge in [-0.2, -0.15) is 4.37 Å². The second-order valence-electron chi connectivity index (χ2n) is 4.57. The van der Waals surface area contributed by atoms with Gasteiger partial charge in [-0.15, -0.1) is 11.3 Å². The van der Waals surface area contributed by atoms with E-state index in [1.54, 1.807) is 32.2 Å². The minimum atomic E-state index is -0.864. The first-order valence-electron chi connectivity index (χ1n) is 6.68. The SMILES string of the molecule is CNc1snc(C)c1C(=O)OC(C)C(=O)NCc1cccs1. The van der Waals surface area contributed by atoms with Gasteiger partial charge in [0.2, 0.25) is 0 Å². The Bertz CT molecular complexity index is 652. The molecule has 1 unspecified atom stereocenters. The number of thiophene rings is 1. The number of hydrogen-bond donors (Lipinski definition) is 2. The van der Waals surface area contributed by atoms with Gasteiger partial charge in [0.15, 0.2) is 6.10 Å². The van der Waals surface area contributed by atoms with Crippen LogP contribution >= 0.6 is 22.9 Å². The number of aromatic nitrogens is 1. The maximum atomic E-state index is 12.2. The Hall–Kier alpha value is -1.93. The normalized spacial score (nSPS) is 11.8. The number of nitrogens with zero attached hydrogens (tertiary/aromatic N) is 1. The molecule has 2 aromatic rings. The summed E-state index contributed by atoms with van der Waals surface area (Å²) in [6.07, 6.45) is -0.864. The van der Waals surface area contributed by atoms with E-state index in [2.05, 4.69) is 15.0 Å². The maximum absolute atomic E-state index is 12.2. The molecular weight excluding hydrogens is 322 g/mol. The molecule has 0 aliphatic heterocycles. The molecule has 0 aliphatic carbocycles. The molecule has 0 bridgehead atoms. The minimum absolute atomic E-state index is 0.325. The van der Waals surface area contributed by atoms with E-state index in [1.807, 2.05) is 17.5 Å². The van der Waals surface area contributed by atoms with Crippen molar-refractivity contribution in [3.63, 3.8) is 0 Å². The fourth-order valence-corrected chi connectivity index (χ4v) is 3.16. The predicted octanol–water partition coefficient (Wildman–Crippen LogP) is 2.42. The highest BCUT2D eigenvalue weighted by molar-refractivity contribution is 7.10. The second-order valence-corrected chi connectivity index (χ2v) is 6.37. The van der Waals surface area contributed by atoms with Crippen molar-refractivity contribution < 1.29 is 14.3 Å². The largest absolute Gasteiger partial charge is 0.449 e. The van der Waals surface area contributed by atoms with Crippen LogP contribution in [0, 0.1) is 6.92 Å². The first kappa shape index (κ1) is 16.4. The maximum Gasteiger partial charge on any atom is 0.343 e. The number of aryl methyl sites for hydroxylation is 1. The molecule has 2 heterocycles. The molecule has 0 aromatic carbocycles. The van der Waals surface area contributed by atoms with E-state index in [1.165, 1.54) is 11.5 Å². The van der Waals surface area contributed by atoms with Gasteiger partial charge in [-0.25, -0.2) is 4.79 Å². The monoisotopic (exact) mass is 339 g/mol. The molecule has 22 heavy (non-hydrogen) atoms. The molecule has 0 spiro atoms. The summed E-state index contributed by atoms with van der Waals surface area (Å²) in [5.41, 5.74) is 0.968. The second kappa shape index (κ2) is 7.37. The summed E-state index contributed by atoms with van der Waals surface area (Å²) in [5.74, 6) is -0.872. The molecule has 8 heteroatoms. The van der Waals surface area contributed by atoms with Crippen LogP contribution in [0.2, 0.25) is 0 Å².